The second-order valence-corrected chi connectivity index (χ2v) is 24.3. The summed E-state index contributed by atoms with van der Waals surface area (Å²) in [4.78, 5) is 76.5. The topological polar surface area (TPSA) is 218 Å². The molecule has 12 aromatic rings. The van der Waals surface area contributed by atoms with Gasteiger partial charge in [-0.05, 0) is 101 Å². The van der Waals surface area contributed by atoms with Crippen LogP contribution in [0.2, 0.25) is 0 Å². The Morgan fingerprint density at radius 3 is 1.29 bits per heavy atom. The Balaban J connectivity index is 0.000000156. The monoisotopic (exact) mass is 1290 g/mol. The summed E-state index contributed by atoms with van der Waals surface area (Å²) in [5.41, 5.74) is 14.1. The maximum Gasteiger partial charge on any atom is 0.233 e. The third-order valence-electron chi connectivity index (χ3n) is 17.0. The van der Waals surface area contributed by atoms with Gasteiger partial charge in [-0.15, -0.1) is 5.10 Å². The highest BCUT2D eigenvalue weighted by Crippen LogP contribution is 2.39. The van der Waals surface area contributed by atoms with Crippen LogP contribution in [0, 0.1) is 0 Å². The van der Waals surface area contributed by atoms with E-state index in [1.165, 1.54) is 16.7 Å². The molecule has 0 fully saturated rings. The normalized spacial score (nSPS) is 13.1. The van der Waals surface area contributed by atoms with E-state index in [1.54, 1.807) is 73.6 Å². The van der Waals surface area contributed by atoms with E-state index in [0.717, 1.165) is 67.3 Å². The molecule has 10 heterocycles. The molecule has 0 bridgehead atoms. The van der Waals surface area contributed by atoms with Crippen LogP contribution in [0.15, 0.2) is 208 Å². The summed E-state index contributed by atoms with van der Waals surface area (Å²) < 4.78 is 5.22. The summed E-state index contributed by atoms with van der Waals surface area (Å²) in [5.74, 6) is 5.97. The molecule has 0 radical (unpaired) electrons. The Bertz CT molecular complexity index is 4470. The Kier molecular flexibility index (Phi) is 21.0. The summed E-state index contributed by atoms with van der Waals surface area (Å²) in [6.45, 7) is 15.9. The van der Waals surface area contributed by atoms with E-state index in [0.29, 0.717) is 85.0 Å². The van der Waals surface area contributed by atoms with Gasteiger partial charge >= 0.3 is 0 Å². The predicted octanol–water partition coefficient (Wildman–Crippen LogP) is 14.9. The zero-order valence-electron chi connectivity index (χ0n) is 53.3. The molecule has 7 aromatic heterocycles. The standard InChI is InChI=1S/C25H24N6O.C25H23N5O.C24H22N6O.3CH4/c1-16(2)21-6-4-5-7-22(21)24-26-15-19-14-23(32)31(25(19)28-24)17(3)18-8-10-20(11-9-18)30-13-12-27-29-30;1-17(2)21-6-3-4-7-22(21)24-26-15-19-14-23(31)29(25(19)28-24)16-18-8-10-20(11-9-18)30-13-5-12-27-30;1-16(2)19-6-3-4-7-20(19)23-26-14-18-12-22(31)29(24(18)28-23)15-17-8-9-21(25-13-17)30-11-5-10-27-30;;;/h4-13,15-17H,14H2,1-3H3;3-13,15,17H,14,16H2,1-2H3;3-11,13-14,16H,12,15H2,1-2H3;3*1H4/t17-;;;;;/m0...../s1. The highest BCUT2D eigenvalue weighted by Gasteiger charge is 2.35. The molecule has 0 unspecified atom stereocenters. The number of amides is 3. The summed E-state index contributed by atoms with van der Waals surface area (Å²) in [7, 11) is 0. The third-order valence-corrected chi connectivity index (χ3v) is 17.0. The first kappa shape index (κ1) is 68.3. The van der Waals surface area contributed by atoms with E-state index < -0.39 is 0 Å². The van der Waals surface area contributed by atoms with Crippen molar-refractivity contribution in [2.75, 3.05) is 14.7 Å². The van der Waals surface area contributed by atoms with Crippen LogP contribution >= 0.6 is 0 Å². The molecule has 3 aliphatic rings. The zero-order chi connectivity index (χ0) is 65.0. The molecule has 1 atom stereocenters. The van der Waals surface area contributed by atoms with Crippen molar-refractivity contribution in [2.45, 2.75) is 127 Å². The molecule has 0 saturated heterocycles. The molecule has 15 rings (SSSR count). The number of hydrogen-bond donors (Lipinski definition) is 0. The van der Waals surface area contributed by atoms with Gasteiger partial charge in [0.15, 0.2) is 23.3 Å². The van der Waals surface area contributed by atoms with Crippen molar-refractivity contribution < 1.29 is 14.4 Å². The molecule has 0 aliphatic carbocycles. The lowest BCUT2D eigenvalue weighted by Gasteiger charge is -2.25. The van der Waals surface area contributed by atoms with Crippen molar-refractivity contribution in [3.8, 4) is 51.4 Å². The van der Waals surface area contributed by atoms with Gasteiger partial charge in [0.1, 0.15) is 17.5 Å². The molecule has 97 heavy (non-hydrogen) atoms. The molecule has 20 heteroatoms. The van der Waals surface area contributed by atoms with Crippen molar-refractivity contribution in [3.05, 3.63) is 258 Å². The van der Waals surface area contributed by atoms with E-state index in [9.17, 15) is 14.4 Å². The third kappa shape index (κ3) is 14.4. The number of hydrogen-bond acceptors (Lipinski definition) is 14. The fourth-order valence-electron chi connectivity index (χ4n) is 12.1. The van der Waals surface area contributed by atoms with E-state index in [4.69, 9.17) is 15.0 Å². The summed E-state index contributed by atoms with van der Waals surface area (Å²) in [5, 5.41) is 16.3. The predicted molar refractivity (Wildman–Crippen MR) is 381 cm³/mol. The number of fused-ring (bicyclic) bond motifs is 3. The van der Waals surface area contributed by atoms with Gasteiger partial charge < -0.3 is 0 Å². The molecule has 20 nitrogen and oxygen atoms in total. The number of anilines is 3. The van der Waals surface area contributed by atoms with Crippen molar-refractivity contribution in [2.24, 2.45) is 0 Å². The molecular weight excluding hydrogens is 1210 g/mol. The first-order chi connectivity index (χ1) is 45.7. The van der Waals surface area contributed by atoms with E-state index in [2.05, 4.69) is 100 Å². The van der Waals surface area contributed by atoms with E-state index in [1.807, 2.05) is 151 Å². The molecular formula is C77H81N17O3. The van der Waals surface area contributed by atoms with Crippen LogP contribution in [0.1, 0.15) is 145 Å². The molecule has 0 spiro atoms. The van der Waals surface area contributed by atoms with E-state index >= 15 is 0 Å². The maximum atomic E-state index is 13.0. The number of benzene rings is 5. The van der Waals surface area contributed by atoms with Gasteiger partial charge in [-0.3, -0.25) is 29.1 Å². The minimum Gasteiger partial charge on any atom is -0.292 e. The van der Waals surface area contributed by atoms with Crippen LogP contribution in [0.25, 0.3) is 51.4 Å². The van der Waals surface area contributed by atoms with Crippen LogP contribution in [0.3, 0.4) is 0 Å². The van der Waals surface area contributed by atoms with Gasteiger partial charge in [0, 0.05) is 83.0 Å². The largest absolute Gasteiger partial charge is 0.292 e. The number of rotatable bonds is 15. The first-order valence-corrected chi connectivity index (χ1v) is 31.5. The number of pyridine rings is 1. The van der Waals surface area contributed by atoms with Gasteiger partial charge in [-0.1, -0.05) is 172 Å². The first-order valence-electron chi connectivity index (χ1n) is 31.5. The lowest BCUT2D eigenvalue weighted by atomic mass is 9.97. The average molecular weight is 1290 g/mol. The summed E-state index contributed by atoms with van der Waals surface area (Å²) >= 11 is 0. The van der Waals surface area contributed by atoms with Crippen molar-refractivity contribution in [1.29, 1.82) is 0 Å². The number of nitrogens with zero attached hydrogens (tertiary/aromatic N) is 17. The average Bonchev–Trinajstić information content (AvgIpc) is 1.69. The number of carbonyl (C=O) groups excluding carboxylic acids is 3. The van der Waals surface area contributed by atoms with Gasteiger partial charge in [0.2, 0.25) is 17.7 Å². The summed E-state index contributed by atoms with van der Waals surface area (Å²) in [6.07, 6.45) is 18.8. The van der Waals surface area contributed by atoms with Gasteiger partial charge in [0.25, 0.3) is 0 Å². The quantitative estimate of drug-likeness (QED) is 0.0933. The van der Waals surface area contributed by atoms with Crippen LogP contribution in [-0.2, 0) is 46.7 Å². The van der Waals surface area contributed by atoms with Gasteiger partial charge in [-0.25, -0.2) is 48.9 Å². The van der Waals surface area contributed by atoms with Crippen molar-refractivity contribution >= 4 is 35.2 Å². The molecule has 0 saturated carbocycles. The zero-order valence-corrected chi connectivity index (χ0v) is 53.3. The Morgan fingerprint density at radius 2 is 0.835 bits per heavy atom. The molecule has 3 amide bonds. The van der Waals surface area contributed by atoms with Crippen LogP contribution in [0.5, 0.6) is 0 Å². The van der Waals surface area contributed by atoms with E-state index in [-0.39, 0.29) is 46.0 Å². The molecule has 5 aromatic carbocycles. The lowest BCUT2D eigenvalue weighted by molar-refractivity contribution is -0.118. The van der Waals surface area contributed by atoms with Crippen LogP contribution in [-0.4, -0.2) is 87.2 Å². The van der Waals surface area contributed by atoms with Gasteiger partial charge in [0.05, 0.1) is 62.2 Å². The van der Waals surface area contributed by atoms with Crippen molar-refractivity contribution in [1.82, 2.24) is 69.4 Å². The lowest BCUT2D eigenvalue weighted by Crippen LogP contribution is -2.30. The highest BCUT2D eigenvalue weighted by molar-refractivity contribution is 6.02. The van der Waals surface area contributed by atoms with Crippen molar-refractivity contribution in [3.63, 3.8) is 0 Å². The smallest absolute Gasteiger partial charge is 0.233 e. The van der Waals surface area contributed by atoms with Crippen LogP contribution < -0.4 is 14.7 Å². The molecule has 3 aliphatic heterocycles. The molecule has 0 N–H and O–H groups in total. The second-order valence-electron chi connectivity index (χ2n) is 24.3. The maximum absolute atomic E-state index is 13.0. The minimum atomic E-state index is -0.156. The molecule has 492 valence electrons. The highest BCUT2D eigenvalue weighted by atomic mass is 16.2. The SMILES string of the molecule is C.C.C.CC(C)c1ccccc1-c1ncc2c(n1)N(Cc1ccc(-n3cccn3)cc1)C(=O)C2.CC(C)c1ccccc1-c1ncc2c(n1)N(Cc1ccc(-n3cccn3)nc1)C(=O)C2.CC(C)c1ccccc1-c1ncc2c(n1)N([C@@H](C)c1ccc(-n3ccnn3)cc1)C(=O)C2. The Hall–Kier alpha value is -11.5. The van der Waals surface area contributed by atoms with Gasteiger partial charge in [-0.2, -0.15) is 10.2 Å². The number of carbonyl (C=O) groups is 3. The Morgan fingerprint density at radius 1 is 0.402 bits per heavy atom. The second kappa shape index (κ2) is 29.8. The number of aromatic nitrogens is 14. The fourth-order valence-corrected chi connectivity index (χ4v) is 12.1. The summed E-state index contributed by atoms with van der Waals surface area (Å²) in [6, 6.07) is 48.1. The van der Waals surface area contributed by atoms with Crippen LogP contribution in [0.4, 0.5) is 17.5 Å². The minimum absolute atomic E-state index is 0. The fraction of sp³-hybridized carbons (Fsp3) is 0.247. The Labute approximate surface area is 566 Å².